The van der Waals surface area contributed by atoms with Crippen LogP contribution in [0.5, 0.6) is 0 Å². The summed E-state index contributed by atoms with van der Waals surface area (Å²) in [4.78, 5) is 14.9. The van der Waals surface area contributed by atoms with E-state index in [1.807, 2.05) is 40.9 Å². The molecule has 1 fully saturated rings. The smallest absolute Gasteiger partial charge is 0.207 e. The van der Waals surface area contributed by atoms with Crippen LogP contribution in [0.15, 0.2) is 47.5 Å². The number of aliphatic hydroxyl groups is 1. The van der Waals surface area contributed by atoms with Crippen LogP contribution in [-0.4, -0.2) is 48.6 Å². The standard InChI is InChI=1S/C17H23N4O2P/c1-3-24-11-16(18-2)14-6-4-13(5-7-14)8-15(19-12-22)9-21-10-17(23)20-21/h3-7,11-12,15,17,20,23-24H,1-2,8-10H2,(H,19,22)/b16-11-/t15-,17?/m0/s1. The van der Waals surface area contributed by atoms with Crippen LogP contribution >= 0.6 is 8.58 Å². The summed E-state index contributed by atoms with van der Waals surface area (Å²) in [5.74, 6) is 3.85. The number of hydrazine groups is 1. The van der Waals surface area contributed by atoms with Crippen molar-refractivity contribution in [2.45, 2.75) is 18.7 Å². The fourth-order valence-corrected chi connectivity index (χ4v) is 3.05. The van der Waals surface area contributed by atoms with Gasteiger partial charge in [-0.15, -0.1) is 0 Å². The number of β-amino-alcohol motifs (C(OH)–C–C–N with tert-alkyl or cyclic N) is 1. The van der Waals surface area contributed by atoms with E-state index in [0.717, 1.165) is 16.8 Å². The number of amides is 1. The fraction of sp³-hybridized carbons (Fsp3) is 0.294. The lowest BCUT2D eigenvalue weighted by Gasteiger charge is -2.39. The third kappa shape index (κ3) is 5.35. The molecule has 3 N–H and O–H groups in total. The molecule has 0 saturated carbocycles. The van der Waals surface area contributed by atoms with Gasteiger partial charge in [0.15, 0.2) is 0 Å². The SMILES string of the molecule is C=CP/C=C(\N=C)c1ccc(C[C@@H](CN2CC(O)N2)NC=O)cc1. The zero-order chi connectivity index (χ0) is 17.4. The average Bonchev–Trinajstić information content (AvgIpc) is 2.55. The Bertz CT molecular complexity index is 597. The Kier molecular flexibility index (Phi) is 7.28. The van der Waals surface area contributed by atoms with Crippen molar-refractivity contribution in [3.63, 3.8) is 0 Å². The number of nitrogens with zero attached hydrogens (tertiary/aromatic N) is 2. The van der Waals surface area contributed by atoms with Crippen molar-refractivity contribution >= 4 is 27.4 Å². The minimum atomic E-state index is -0.478. The number of aliphatic imine (C=N–C) groups is 1. The van der Waals surface area contributed by atoms with Gasteiger partial charge in [-0.05, 0) is 24.5 Å². The van der Waals surface area contributed by atoms with E-state index in [1.165, 1.54) is 0 Å². The first kappa shape index (κ1) is 18.5. The molecule has 1 aromatic carbocycles. The molecule has 7 heteroatoms. The Morgan fingerprint density at radius 2 is 2.25 bits per heavy atom. The van der Waals surface area contributed by atoms with Crippen molar-refractivity contribution in [3.8, 4) is 0 Å². The van der Waals surface area contributed by atoms with Crippen molar-refractivity contribution in [2.75, 3.05) is 13.1 Å². The maximum atomic E-state index is 10.8. The highest BCUT2D eigenvalue weighted by atomic mass is 31.1. The van der Waals surface area contributed by atoms with Crippen LogP contribution in [0, 0.1) is 0 Å². The number of aliphatic hydroxyl groups excluding tert-OH is 1. The second-order valence-electron chi connectivity index (χ2n) is 5.49. The quantitative estimate of drug-likeness (QED) is 0.339. The predicted molar refractivity (Wildman–Crippen MR) is 99.9 cm³/mol. The maximum absolute atomic E-state index is 10.8. The van der Waals surface area contributed by atoms with Gasteiger partial charge in [0.1, 0.15) is 6.23 Å². The van der Waals surface area contributed by atoms with E-state index in [9.17, 15) is 9.90 Å². The third-order valence-electron chi connectivity index (χ3n) is 3.71. The number of benzene rings is 1. The van der Waals surface area contributed by atoms with Crippen molar-refractivity contribution < 1.29 is 9.90 Å². The van der Waals surface area contributed by atoms with E-state index in [2.05, 4.69) is 29.0 Å². The lowest BCUT2D eigenvalue weighted by molar-refractivity contribution is -0.111. The first-order valence-electron chi connectivity index (χ1n) is 7.68. The molecule has 2 unspecified atom stereocenters. The molecule has 0 spiro atoms. The second-order valence-corrected chi connectivity index (χ2v) is 6.52. The molecular weight excluding hydrogens is 323 g/mol. The number of hydrogen-bond acceptors (Lipinski definition) is 5. The molecule has 2 rings (SSSR count). The normalized spacial score (nSPS) is 19.7. The summed E-state index contributed by atoms with van der Waals surface area (Å²) < 4.78 is 0. The topological polar surface area (TPSA) is 77.0 Å². The third-order valence-corrected chi connectivity index (χ3v) is 4.39. The number of carbonyl (C=O) groups is 1. The highest BCUT2D eigenvalue weighted by molar-refractivity contribution is 7.45. The average molecular weight is 346 g/mol. The minimum absolute atomic E-state index is 0.0249. The summed E-state index contributed by atoms with van der Waals surface area (Å²) in [6.45, 7) is 8.53. The molecule has 0 aromatic heterocycles. The summed E-state index contributed by atoms with van der Waals surface area (Å²) in [7, 11) is 0.508. The molecule has 6 nitrogen and oxygen atoms in total. The summed E-state index contributed by atoms with van der Waals surface area (Å²) in [5, 5.41) is 14.0. The second kappa shape index (κ2) is 9.45. The van der Waals surface area contributed by atoms with Gasteiger partial charge in [-0.3, -0.25) is 9.79 Å². The highest BCUT2D eigenvalue weighted by Crippen LogP contribution is 2.24. The molecule has 1 aliphatic rings. The van der Waals surface area contributed by atoms with Crippen LogP contribution in [-0.2, 0) is 11.2 Å². The lowest BCUT2D eigenvalue weighted by Crippen LogP contribution is -2.64. The van der Waals surface area contributed by atoms with Gasteiger partial charge in [0.2, 0.25) is 6.41 Å². The van der Waals surface area contributed by atoms with Crippen LogP contribution in [0.4, 0.5) is 0 Å². The Morgan fingerprint density at radius 1 is 1.54 bits per heavy atom. The summed E-state index contributed by atoms with van der Waals surface area (Å²) in [5.41, 5.74) is 5.84. The van der Waals surface area contributed by atoms with Gasteiger partial charge >= 0.3 is 0 Å². The van der Waals surface area contributed by atoms with Crippen molar-refractivity contribution in [3.05, 3.63) is 53.6 Å². The minimum Gasteiger partial charge on any atom is -0.376 e. The molecule has 1 aromatic rings. The highest BCUT2D eigenvalue weighted by Gasteiger charge is 2.25. The maximum Gasteiger partial charge on any atom is 0.207 e. The molecular formula is C17H23N4O2P. The van der Waals surface area contributed by atoms with Gasteiger partial charge in [0.05, 0.1) is 12.2 Å². The number of carbonyl (C=O) groups excluding carboxylic acids is 1. The van der Waals surface area contributed by atoms with Crippen LogP contribution < -0.4 is 10.7 Å². The van der Waals surface area contributed by atoms with E-state index in [0.29, 0.717) is 34.5 Å². The Morgan fingerprint density at radius 3 is 2.79 bits per heavy atom. The summed E-state index contributed by atoms with van der Waals surface area (Å²) >= 11 is 0. The van der Waals surface area contributed by atoms with Crippen molar-refractivity contribution in [1.29, 1.82) is 0 Å². The van der Waals surface area contributed by atoms with Gasteiger partial charge in [0.25, 0.3) is 0 Å². The summed E-state index contributed by atoms with van der Waals surface area (Å²) in [6.07, 6.45) is 0.949. The fourth-order valence-electron chi connectivity index (χ4n) is 2.52. The Balaban J connectivity index is 1.98. The first-order chi connectivity index (χ1) is 11.7. The van der Waals surface area contributed by atoms with E-state index < -0.39 is 6.23 Å². The number of hydrogen-bond donors (Lipinski definition) is 3. The first-order valence-corrected chi connectivity index (χ1v) is 8.83. The zero-order valence-corrected chi connectivity index (χ0v) is 14.5. The molecule has 24 heavy (non-hydrogen) atoms. The van der Waals surface area contributed by atoms with E-state index >= 15 is 0 Å². The van der Waals surface area contributed by atoms with Crippen molar-refractivity contribution in [2.24, 2.45) is 4.99 Å². The molecule has 1 heterocycles. The number of nitrogens with one attached hydrogen (secondary N) is 2. The van der Waals surface area contributed by atoms with Gasteiger partial charge in [-0.25, -0.2) is 10.4 Å². The molecule has 0 radical (unpaired) electrons. The van der Waals surface area contributed by atoms with Gasteiger partial charge in [-0.2, -0.15) is 0 Å². The summed E-state index contributed by atoms with van der Waals surface area (Å²) in [6, 6.07) is 8.05. The molecule has 1 amide bonds. The monoisotopic (exact) mass is 346 g/mol. The predicted octanol–water partition coefficient (Wildman–Crippen LogP) is 1.30. The molecule has 3 atom stereocenters. The van der Waals surface area contributed by atoms with Crippen LogP contribution in [0.2, 0.25) is 0 Å². The molecule has 0 bridgehead atoms. The molecule has 1 aliphatic heterocycles. The zero-order valence-electron chi connectivity index (χ0n) is 13.5. The van der Waals surface area contributed by atoms with E-state index in [1.54, 1.807) is 0 Å². The van der Waals surface area contributed by atoms with Crippen molar-refractivity contribution in [1.82, 2.24) is 15.8 Å². The van der Waals surface area contributed by atoms with E-state index in [-0.39, 0.29) is 6.04 Å². The van der Waals surface area contributed by atoms with Crippen LogP contribution in [0.1, 0.15) is 11.1 Å². The lowest BCUT2D eigenvalue weighted by atomic mass is 10.0. The van der Waals surface area contributed by atoms with E-state index in [4.69, 9.17) is 0 Å². The van der Waals surface area contributed by atoms with Crippen LogP contribution in [0.25, 0.3) is 5.70 Å². The van der Waals surface area contributed by atoms with Gasteiger partial charge in [-0.1, -0.05) is 45.2 Å². The van der Waals surface area contributed by atoms with Gasteiger partial charge < -0.3 is 10.4 Å². The van der Waals surface area contributed by atoms with Gasteiger partial charge in [0, 0.05) is 18.2 Å². The molecule has 0 aliphatic carbocycles. The Labute approximate surface area is 144 Å². The Hall–Kier alpha value is -1.85. The molecule has 128 valence electrons. The largest absolute Gasteiger partial charge is 0.376 e. The number of rotatable bonds is 10. The molecule has 1 saturated heterocycles. The van der Waals surface area contributed by atoms with Crippen LogP contribution in [0.3, 0.4) is 0 Å².